The Morgan fingerprint density at radius 1 is 1.29 bits per heavy atom. The van der Waals surface area contributed by atoms with Gasteiger partial charge in [-0.15, -0.1) is 0 Å². The molecule has 1 aliphatic rings. The highest BCUT2D eigenvalue weighted by atomic mass is 15.1. The lowest BCUT2D eigenvalue weighted by atomic mass is 9.69. The molecule has 1 aliphatic carbocycles. The van der Waals surface area contributed by atoms with Crippen LogP contribution < -0.4 is 5.32 Å². The Balaban J connectivity index is 2.20. The summed E-state index contributed by atoms with van der Waals surface area (Å²) in [5, 5.41) is 3.78. The molecule has 0 aromatic carbocycles. The van der Waals surface area contributed by atoms with Crippen LogP contribution in [0.15, 0.2) is 12.4 Å². The topological polar surface area (TPSA) is 29.9 Å². The van der Waals surface area contributed by atoms with Gasteiger partial charge in [-0.2, -0.15) is 0 Å². The largest absolute Gasteiger partial charge is 0.330 e. The average Bonchev–Trinajstić information content (AvgIpc) is 2.92. The van der Waals surface area contributed by atoms with Crippen LogP contribution in [0.5, 0.6) is 0 Å². The third-order valence-corrected chi connectivity index (χ3v) is 5.12. The molecule has 0 spiro atoms. The highest BCUT2D eigenvalue weighted by Gasteiger charge is 2.36. The van der Waals surface area contributed by atoms with Gasteiger partial charge in [0.05, 0.1) is 6.04 Å². The molecule has 0 bridgehead atoms. The Morgan fingerprint density at radius 3 is 2.67 bits per heavy atom. The van der Waals surface area contributed by atoms with Crippen molar-refractivity contribution in [3.63, 3.8) is 0 Å². The highest BCUT2D eigenvalue weighted by molar-refractivity contribution is 5.01. The van der Waals surface area contributed by atoms with Crippen LogP contribution in [-0.2, 0) is 6.42 Å². The van der Waals surface area contributed by atoms with Crippen molar-refractivity contribution >= 4 is 0 Å². The summed E-state index contributed by atoms with van der Waals surface area (Å²) in [6.07, 6.45) is 10.3. The first-order chi connectivity index (χ1) is 9.97. The van der Waals surface area contributed by atoms with Gasteiger partial charge in [0.25, 0.3) is 0 Å². The van der Waals surface area contributed by atoms with E-state index in [4.69, 9.17) is 0 Å². The molecule has 3 unspecified atom stereocenters. The Bertz CT molecular complexity index is 430. The summed E-state index contributed by atoms with van der Waals surface area (Å²) in [6.45, 7) is 12.8. The van der Waals surface area contributed by atoms with Gasteiger partial charge in [0.2, 0.25) is 0 Å². The van der Waals surface area contributed by atoms with Crippen molar-refractivity contribution in [1.29, 1.82) is 0 Å². The molecule has 1 N–H and O–H groups in total. The summed E-state index contributed by atoms with van der Waals surface area (Å²) in [7, 11) is 0. The minimum Gasteiger partial charge on any atom is -0.330 e. The molecule has 0 radical (unpaired) electrons. The number of hydrogen-bond donors (Lipinski definition) is 1. The first kappa shape index (κ1) is 16.5. The number of imidazole rings is 1. The van der Waals surface area contributed by atoms with E-state index in [9.17, 15) is 0 Å². The molecule has 3 heteroatoms. The number of aromatic nitrogens is 2. The average molecular weight is 291 g/mol. The Hall–Kier alpha value is -0.830. The van der Waals surface area contributed by atoms with Gasteiger partial charge < -0.3 is 9.88 Å². The fourth-order valence-electron chi connectivity index (χ4n) is 3.73. The predicted molar refractivity (Wildman–Crippen MR) is 89.5 cm³/mol. The monoisotopic (exact) mass is 291 g/mol. The lowest BCUT2D eigenvalue weighted by Gasteiger charge is -2.43. The molecule has 3 atom stereocenters. The molecule has 0 aliphatic heterocycles. The molecule has 120 valence electrons. The molecular formula is C18H33N3. The number of rotatable bonds is 5. The lowest BCUT2D eigenvalue weighted by Crippen LogP contribution is -2.44. The quantitative estimate of drug-likeness (QED) is 0.881. The van der Waals surface area contributed by atoms with Crippen LogP contribution in [-0.4, -0.2) is 22.1 Å². The zero-order chi connectivity index (χ0) is 15.5. The van der Waals surface area contributed by atoms with Crippen LogP contribution >= 0.6 is 0 Å². The van der Waals surface area contributed by atoms with Gasteiger partial charge in [0, 0.05) is 24.9 Å². The number of aryl methyl sites for hydroxylation is 1. The zero-order valence-electron chi connectivity index (χ0n) is 14.5. The molecule has 1 aromatic heterocycles. The van der Waals surface area contributed by atoms with E-state index in [1.54, 1.807) is 0 Å². The maximum atomic E-state index is 4.55. The summed E-state index contributed by atoms with van der Waals surface area (Å²) in [5.74, 6) is 2.03. The SMILES string of the molecule is CCCNC1CCC(C(C)(C)C)CC1n1ccnc1CC. The van der Waals surface area contributed by atoms with Gasteiger partial charge >= 0.3 is 0 Å². The fraction of sp³-hybridized carbons (Fsp3) is 0.833. The van der Waals surface area contributed by atoms with Crippen molar-refractivity contribution in [2.75, 3.05) is 6.54 Å². The summed E-state index contributed by atoms with van der Waals surface area (Å²) in [5.41, 5.74) is 0.404. The summed E-state index contributed by atoms with van der Waals surface area (Å²) in [6, 6.07) is 1.16. The third-order valence-electron chi connectivity index (χ3n) is 5.12. The molecule has 1 saturated carbocycles. The van der Waals surface area contributed by atoms with E-state index >= 15 is 0 Å². The van der Waals surface area contributed by atoms with Crippen molar-refractivity contribution in [1.82, 2.24) is 14.9 Å². The van der Waals surface area contributed by atoms with Gasteiger partial charge in [-0.3, -0.25) is 0 Å². The van der Waals surface area contributed by atoms with Gasteiger partial charge in [0.15, 0.2) is 0 Å². The van der Waals surface area contributed by atoms with E-state index in [1.165, 1.54) is 31.5 Å². The van der Waals surface area contributed by atoms with Crippen LogP contribution in [0.4, 0.5) is 0 Å². The summed E-state index contributed by atoms with van der Waals surface area (Å²) in [4.78, 5) is 4.55. The van der Waals surface area contributed by atoms with E-state index in [2.05, 4.69) is 55.7 Å². The fourth-order valence-corrected chi connectivity index (χ4v) is 3.73. The van der Waals surface area contributed by atoms with Gasteiger partial charge in [-0.1, -0.05) is 34.6 Å². The van der Waals surface area contributed by atoms with E-state index in [0.717, 1.165) is 18.9 Å². The Morgan fingerprint density at radius 2 is 2.05 bits per heavy atom. The predicted octanol–water partition coefficient (Wildman–Crippen LogP) is 4.20. The number of nitrogens with one attached hydrogen (secondary N) is 1. The zero-order valence-corrected chi connectivity index (χ0v) is 14.5. The standard InChI is InChI=1S/C18H33N3/c1-6-10-19-15-9-8-14(18(3,4)5)13-16(15)21-12-11-20-17(21)7-2/h11-12,14-16,19H,6-10,13H2,1-5H3. The second-order valence-electron chi connectivity index (χ2n) is 7.61. The Kier molecular flexibility index (Phi) is 5.48. The van der Waals surface area contributed by atoms with Crippen LogP contribution in [0.3, 0.4) is 0 Å². The second kappa shape index (κ2) is 6.95. The van der Waals surface area contributed by atoms with E-state index in [1.807, 2.05) is 6.20 Å². The van der Waals surface area contributed by atoms with Crippen LogP contribution in [0.1, 0.15) is 72.2 Å². The molecular weight excluding hydrogens is 258 g/mol. The van der Waals surface area contributed by atoms with E-state index in [-0.39, 0.29) is 0 Å². The van der Waals surface area contributed by atoms with Gasteiger partial charge in [0.1, 0.15) is 5.82 Å². The molecule has 1 fully saturated rings. The van der Waals surface area contributed by atoms with Crippen molar-refractivity contribution in [3.05, 3.63) is 18.2 Å². The molecule has 3 nitrogen and oxygen atoms in total. The normalized spacial score (nSPS) is 27.0. The summed E-state index contributed by atoms with van der Waals surface area (Å²) >= 11 is 0. The van der Waals surface area contributed by atoms with Crippen molar-refractivity contribution in [2.45, 2.75) is 78.8 Å². The number of hydrogen-bond acceptors (Lipinski definition) is 2. The minimum atomic E-state index is 0.404. The highest BCUT2D eigenvalue weighted by Crippen LogP contribution is 2.42. The smallest absolute Gasteiger partial charge is 0.108 e. The Labute approximate surface area is 130 Å². The molecule has 2 rings (SSSR count). The molecule has 21 heavy (non-hydrogen) atoms. The van der Waals surface area contributed by atoms with E-state index < -0.39 is 0 Å². The molecule has 1 aromatic rings. The molecule has 1 heterocycles. The lowest BCUT2D eigenvalue weighted by molar-refractivity contribution is 0.116. The van der Waals surface area contributed by atoms with Crippen molar-refractivity contribution < 1.29 is 0 Å². The van der Waals surface area contributed by atoms with Gasteiger partial charge in [-0.25, -0.2) is 4.98 Å². The van der Waals surface area contributed by atoms with Crippen molar-refractivity contribution in [3.8, 4) is 0 Å². The first-order valence-electron chi connectivity index (χ1n) is 8.72. The van der Waals surface area contributed by atoms with Crippen LogP contribution in [0, 0.1) is 11.3 Å². The van der Waals surface area contributed by atoms with E-state index in [0.29, 0.717) is 17.5 Å². The van der Waals surface area contributed by atoms with Crippen LogP contribution in [0.25, 0.3) is 0 Å². The van der Waals surface area contributed by atoms with Crippen molar-refractivity contribution in [2.24, 2.45) is 11.3 Å². The third kappa shape index (κ3) is 3.88. The first-order valence-corrected chi connectivity index (χ1v) is 8.72. The maximum absolute atomic E-state index is 4.55. The van der Waals surface area contributed by atoms with Gasteiger partial charge in [-0.05, 0) is 43.6 Å². The molecule has 0 amide bonds. The molecule has 0 saturated heterocycles. The second-order valence-corrected chi connectivity index (χ2v) is 7.61. The van der Waals surface area contributed by atoms with Crippen LogP contribution in [0.2, 0.25) is 0 Å². The number of nitrogens with zero attached hydrogens (tertiary/aromatic N) is 2. The minimum absolute atomic E-state index is 0.404. The maximum Gasteiger partial charge on any atom is 0.108 e. The summed E-state index contributed by atoms with van der Waals surface area (Å²) < 4.78 is 2.45.